The Morgan fingerprint density at radius 1 is 1.03 bits per heavy atom. The van der Waals surface area contributed by atoms with Gasteiger partial charge in [-0.2, -0.15) is 0 Å². The van der Waals surface area contributed by atoms with Gasteiger partial charge < -0.3 is 14.5 Å². The summed E-state index contributed by atoms with van der Waals surface area (Å²) in [5, 5.41) is 1.23. The fourth-order valence-corrected chi connectivity index (χ4v) is 4.13. The van der Waals surface area contributed by atoms with Crippen LogP contribution in [0.15, 0.2) is 48.5 Å². The molecule has 29 heavy (non-hydrogen) atoms. The lowest BCUT2D eigenvalue weighted by molar-refractivity contribution is 0.306. The van der Waals surface area contributed by atoms with Gasteiger partial charge >= 0.3 is 0 Å². The smallest absolute Gasteiger partial charge is 0.162 e. The number of aryl methyl sites for hydroxylation is 1. The van der Waals surface area contributed by atoms with Crippen molar-refractivity contribution in [3.63, 3.8) is 0 Å². The first-order valence-corrected chi connectivity index (χ1v) is 9.89. The van der Waals surface area contributed by atoms with Crippen LogP contribution in [0.25, 0.3) is 16.5 Å². The van der Waals surface area contributed by atoms with Crippen LogP contribution in [0.2, 0.25) is 0 Å². The van der Waals surface area contributed by atoms with Crippen LogP contribution in [0, 0.1) is 6.92 Å². The second-order valence-electron chi connectivity index (χ2n) is 7.38. The van der Waals surface area contributed by atoms with Crippen molar-refractivity contribution in [3.05, 3.63) is 65.4 Å². The number of nitrogens with zero attached hydrogens (tertiary/aromatic N) is 1. The summed E-state index contributed by atoms with van der Waals surface area (Å²) in [6.45, 7) is 5.33. The third-order valence-corrected chi connectivity index (χ3v) is 5.74. The average molecular weight is 413 g/mol. The summed E-state index contributed by atoms with van der Waals surface area (Å²) in [7, 11) is 3.36. The minimum Gasteiger partial charge on any atom is -0.493 e. The van der Waals surface area contributed by atoms with E-state index < -0.39 is 0 Å². The molecule has 5 heteroatoms. The molecule has 0 bridgehead atoms. The number of hydrogen-bond acceptors (Lipinski definition) is 3. The SMILES string of the molecule is COc1cc2[nH]c(C)c(CCN3CC=C(c4ccccc4)CC3)c2cc1OC.Cl. The van der Waals surface area contributed by atoms with Crippen LogP contribution >= 0.6 is 12.4 Å². The minimum absolute atomic E-state index is 0. The second-order valence-corrected chi connectivity index (χ2v) is 7.38. The van der Waals surface area contributed by atoms with Crippen LogP contribution in [0.3, 0.4) is 0 Å². The number of halogens is 1. The molecule has 3 aromatic rings. The Labute approximate surface area is 178 Å². The van der Waals surface area contributed by atoms with E-state index in [1.54, 1.807) is 14.2 Å². The number of hydrogen-bond donors (Lipinski definition) is 1. The quantitative estimate of drug-likeness (QED) is 0.601. The third kappa shape index (κ3) is 4.44. The predicted molar refractivity (Wildman–Crippen MR) is 123 cm³/mol. The number of ether oxygens (including phenoxy) is 2. The molecular weight excluding hydrogens is 384 g/mol. The van der Waals surface area contributed by atoms with Gasteiger partial charge in [0.2, 0.25) is 0 Å². The summed E-state index contributed by atoms with van der Waals surface area (Å²) >= 11 is 0. The number of H-pyrrole nitrogens is 1. The highest BCUT2D eigenvalue weighted by Gasteiger charge is 2.16. The van der Waals surface area contributed by atoms with Crippen molar-refractivity contribution < 1.29 is 9.47 Å². The van der Waals surface area contributed by atoms with Gasteiger partial charge in [-0.25, -0.2) is 0 Å². The van der Waals surface area contributed by atoms with Crippen molar-refractivity contribution >= 4 is 28.9 Å². The van der Waals surface area contributed by atoms with Crippen LogP contribution in [0.4, 0.5) is 0 Å². The number of aromatic nitrogens is 1. The predicted octanol–water partition coefficient (Wildman–Crippen LogP) is 5.25. The molecule has 1 aromatic heterocycles. The molecule has 0 spiro atoms. The Morgan fingerprint density at radius 3 is 2.41 bits per heavy atom. The zero-order valence-corrected chi connectivity index (χ0v) is 18.1. The van der Waals surface area contributed by atoms with Gasteiger partial charge in [-0.1, -0.05) is 36.4 Å². The Balaban J connectivity index is 0.00000240. The van der Waals surface area contributed by atoms with E-state index in [9.17, 15) is 0 Å². The van der Waals surface area contributed by atoms with E-state index in [4.69, 9.17) is 9.47 Å². The first kappa shape index (κ1) is 21.3. The maximum atomic E-state index is 5.50. The molecular formula is C24H29ClN2O2. The molecule has 2 aromatic carbocycles. The largest absolute Gasteiger partial charge is 0.493 e. The molecule has 2 heterocycles. The van der Waals surface area contributed by atoms with E-state index in [1.165, 1.54) is 27.8 Å². The lowest BCUT2D eigenvalue weighted by Gasteiger charge is -2.26. The van der Waals surface area contributed by atoms with Crippen LogP contribution in [0.1, 0.15) is 23.2 Å². The number of nitrogens with one attached hydrogen (secondary N) is 1. The van der Waals surface area contributed by atoms with Gasteiger partial charge in [0.15, 0.2) is 11.5 Å². The molecule has 0 radical (unpaired) electrons. The zero-order chi connectivity index (χ0) is 19.5. The molecule has 0 saturated heterocycles. The molecule has 4 rings (SSSR count). The maximum Gasteiger partial charge on any atom is 0.162 e. The first-order chi connectivity index (χ1) is 13.7. The third-order valence-electron chi connectivity index (χ3n) is 5.74. The Morgan fingerprint density at radius 2 is 1.76 bits per heavy atom. The standard InChI is InChI=1S/C24H28N2O2.ClH/c1-17-20(21-15-23(27-2)24(28-3)16-22(21)25-17)11-14-26-12-9-19(10-13-26)18-7-5-4-6-8-18;/h4-9,15-16,25H,10-14H2,1-3H3;1H. The molecule has 1 N–H and O–H groups in total. The molecule has 0 saturated carbocycles. The molecule has 0 atom stereocenters. The van der Waals surface area contributed by atoms with Gasteiger partial charge in [-0.15, -0.1) is 12.4 Å². The summed E-state index contributed by atoms with van der Waals surface area (Å²) in [4.78, 5) is 6.04. The highest BCUT2D eigenvalue weighted by Crippen LogP contribution is 2.35. The van der Waals surface area contributed by atoms with E-state index in [0.717, 1.165) is 49.5 Å². The number of benzene rings is 2. The molecule has 0 amide bonds. The van der Waals surface area contributed by atoms with Gasteiger partial charge in [0.05, 0.1) is 14.2 Å². The van der Waals surface area contributed by atoms with Crippen LogP contribution in [0.5, 0.6) is 11.5 Å². The zero-order valence-electron chi connectivity index (χ0n) is 17.3. The molecule has 1 aliphatic rings. The Hall–Kier alpha value is -2.43. The second kappa shape index (κ2) is 9.38. The highest BCUT2D eigenvalue weighted by molar-refractivity contribution is 5.88. The van der Waals surface area contributed by atoms with Gasteiger partial charge in [-0.05, 0) is 42.5 Å². The number of rotatable bonds is 6. The van der Waals surface area contributed by atoms with E-state index in [1.807, 2.05) is 6.07 Å². The summed E-state index contributed by atoms with van der Waals surface area (Å²) in [5.41, 5.74) is 6.53. The summed E-state index contributed by atoms with van der Waals surface area (Å²) in [6.07, 6.45) is 4.52. The van der Waals surface area contributed by atoms with Crippen molar-refractivity contribution in [1.29, 1.82) is 0 Å². The first-order valence-electron chi connectivity index (χ1n) is 9.89. The monoisotopic (exact) mass is 412 g/mol. The van der Waals surface area contributed by atoms with E-state index in [2.05, 4.69) is 59.3 Å². The lowest BCUT2D eigenvalue weighted by atomic mass is 9.99. The van der Waals surface area contributed by atoms with Gasteiger partial charge in [0.25, 0.3) is 0 Å². The van der Waals surface area contributed by atoms with Crippen molar-refractivity contribution in [3.8, 4) is 11.5 Å². The van der Waals surface area contributed by atoms with Crippen LogP contribution < -0.4 is 9.47 Å². The molecule has 1 aliphatic heterocycles. The maximum absolute atomic E-state index is 5.50. The molecule has 0 aliphatic carbocycles. The van der Waals surface area contributed by atoms with Crippen molar-refractivity contribution in [2.24, 2.45) is 0 Å². The normalized spacial score (nSPS) is 14.4. The molecule has 0 unspecified atom stereocenters. The summed E-state index contributed by atoms with van der Waals surface area (Å²) < 4.78 is 10.9. The number of fused-ring (bicyclic) bond motifs is 1. The van der Waals surface area contributed by atoms with E-state index in [0.29, 0.717) is 0 Å². The van der Waals surface area contributed by atoms with Crippen LogP contribution in [-0.2, 0) is 6.42 Å². The van der Waals surface area contributed by atoms with E-state index >= 15 is 0 Å². The van der Waals surface area contributed by atoms with Gasteiger partial charge in [0.1, 0.15) is 0 Å². The summed E-state index contributed by atoms with van der Waals surface area (Å²) in [5.74, 6) is 1.54. The highest BCUT2D eigenvalue weighted by atomic mass is 35.5. The topological polar surface area (TPSA) is 37.5 Å². The Bertz CT molecular complexity index is 995. The number of aromatic amines is 1. The fourth-order valence-electron chi connectivity index (χ4n) is 4.13. The van der Waals surface area contributed by atoms with Gasteiger partial charge in [0, 0.05) is 42.3 Å². The lowest BCUT2D eigenvalue weighted by Crippen LogP contribution is -2.30. The van der Waals surface area contributed by atoms with Crippen LogP contribution in [-0.4, -0.2) is 43.7 Å². The molecule has 4 nitrogen and oxygen atoms in total. The molecule has 0 fully saturated rings. The minimum atomic E-state index is 0. The van der Waals surface area contributed by atoms with Crippen molar-refractivity contribution in [2.45, 2.75) is 19.8 Å². The number of methoxy groups -OCH3 is 2. The summed E-state index contributed by atoms with van der Waals surface area (Å²) in [6, 6.07) is 14.8. The van der Waals surface area contributed by atoms with Crippen molar-refractivity contribution in [1.82, 2.24) is 9.88 Å². The average Bonchev–Trinajstić information content (AvgIpc) is 3.06. The van der Waals surface area contributed by atoms with Gasteiger partial charge in [-0.3, -0.25) is 4.90 Å². The molecule has 154 valence electrons. The van der Waals surface area contributed by atoms with E-state index in [-0.39, 0.29) is 12.4 Å². The van der Waals surface area contributed by atoms with Crippen molar-refractivity contribution in [2.75, 3.05) is 33.9 Å². The Kier molecular flexibility index (Phi) is 6.88. The fraction of sp³-hybridized carbons (Fsp3) is 0.333.